The van der Waals surface area contributed by atoms with E-state index in [1.165, 1.54) is 25.0 Å². The lowest BCUT2D eigenvalue weighted by atomic mass is 10.2. The van der Waals surface area contributed by atoms with Crippen LogP contribution < -0.4 is 5.73 Å². The minimum Gasteiger partial charge on any atom is -0.333 e. The molecular formula is C11H21N3S. The summed E-state index contributed by atoms with van der Waals surface area (Å²) in [5.74, 6) is 1.27. The van der Waals surface area contributed by atoms with Gasteiger partial charge in [0.25, 0.3) is 0 Å². The van der Waals surface area contributed by atoms with E-state index in [1.807, 2.05) is 31.2 Å². The van der Waals surface area contributed by atoms with Crippen LogP contribution in [-0.2, 0) is 6.54 Å². The second-order valence-corrected chi connectivity index (χ2v) is 4.84. The zero-order valence-electron chi connectivity index (χ0n) is 9.65. The minimum absolute atomic E-state index is 0.0821. The van der Waals surface area contributed by atoms with Gasteiger partial charge >= 0.3 is 0 Å². The van der Waals surface area contributed by atoms with Gasteiger partial charge < -0.3 is 10.3 Å². The molecule has 0 fully saturated rings. The highest BCUT2D eigenvalue weighted by molar-refractivity contribution is 7.98. The number of unbranched alkanes of at least 4 members (excludes halogenated alkanes) is 2. The highest BCUT2D eigenvalue weighted by atomic mass is 32.2. The fourth-order valence-corrected chi connectivity index (χ4v) is 2.10. The van der Waals surface area contributed by atoms with Crippen molar-refractivity contribution >= 4 is 11.8 Å². The van der Waals surface area contributed by atoms with Crippen LogP contribution in [0.5, 0.6) is 0 Å². The summed E-state index contributed by atoms with van der Waals surface area (Å²) in [5.41, 5.74) is 6.99. The zero-order valence-corrected chi connectivity index (χ0v) is 10.5. The summed E-state index contributed by atoms with van der Waals surface area (Å²) in [7, 11) is 0. The average Bonchev–Trinajstić information content (AvgIpc) is 2.66. The van der Waals surface area contributed by atoms with E-state index in [-0.39, 0.29) is 6.04 Å². The predicted molar refractivity (Wildman–Crippen MR) is 67.1 cm³/mol. The van der Waals surface area contributed by atoms with Crippen LogP contribution in [-0.4, -0.2) is 21.6 Å². The van der Waals surface area contributed by atoms with Crippen molar-refractivity contribution in [2.45, 2.75) is 38.8 Å². The van der Waals surface area contributed by atoms with Gasteiger partial charge in [-0.3, -0.25) is 0 Å². The van der Waals surface area contributed by atoms with Crippen LogP contribution in [0.25, 0.3) is 0 Å². The van der Waals surface area contributed by atoms with E-state index in [2.05, 4.69) is 15.8 Å². The molecule has 1 aromatic rings. The topological polar surface area (TPSA) is 43.8 Å². The number of nitrogens with two attached hydrogens (primary N) is 1. The van der Waals surface area contributed by atoms with Crippen molar-refractivity contribution in [3.05, 3.63) is 18.2 Å². The average molecular weight is 227 g/mol. The van der Waals surface area contributed by atoms with Crippen molar-refractivity contribution in [2.24, 2.45) is 5.73 Å². The molecule has 1 aromatic heterocycles. The molecule has 1 rings (SSSR count). The van der Waals surface area contributed by atoms with Gasteiger partial charge in [-0.15, -0.1) is 0 Å². The summed E-state index contributed by atoms with van der Waals surface area (Å²) in [5, 5.41) is 0. The van der Waals surface area contributed by atoms with Gasteiger partial charge in [-0.05, 0) is 31.8 Å². The maximum absolute atomic E-state index is 5.85. The van der Waals surface area contributed by atoms with Gasteiger partial charge in [0.2, 0.25) is 0 Å². The van der Waals surface area contributed by atoms with Gasteiger partial charge in [-0.25, -0.2) is 4.98 Å². The number of hydrogen-bond donors (Lipinski definition) is 1. The van der Waals surface area contributed by atoms with E-state index < -0.39 is 0 Å². The lowest BCUT2D eigenvalue weighted by molar-refractivity contribution is 0.569. The summed E-state index contributed by atoms with van der Waals surface area (Å²) < 4.78 is 2.17. The Hall–Kier alpha value is -0.480. The lowest BCUT2D eigenvalue weighted by Crippen LogP contribution is -2.11. The Kier molecular flexibility index (Phi) is 5.79. The molecule has 2 N–H and O–H groups in total. The van der Waals surface area contributed by atoms with Gasteiger partial charge in [0, 0.05) is 18.8 Å². The molecule has 4 heteroatoms. The highest BCUT2D eigenvalue weighted by Gasteiger charge is 2.05. The van der Waals surface area contributed by atoms with Gasteiger partial charge in [-0.2, -0.15) is 11.8 Å². The van der Waals surface area contributed by atoms with E-state index in [0.29, 0.717) is 0 Å². The monoisotopic (exact) mass is 227 g/mol. The highest BCUT2D eigenvalue weighted by Crippen LogP contribution is 2.10. The predicted octanol–water partition coefficient (Wildman–Crippen LogP) is 2.44. The maximum atomic E-state index is 5.85. The Morgan fingerprint density at radius 1 is 1.47 bits per heavy atom. The SMILES string of the molecule is CSCCCCCn1cncc1C(C)N. The fourth-order valence-electron chi connectivity index (χ4n) is 1.60. The molecule has 1 atom stereocenters. The minimum atomic E-state index is 0.0821. The smallest absolute Gasteiger partial charge is 0.0948 e. The Morgan fingerprint density at radius 2 is 2.27 bits per heavy atom. The third-order valence-corrected chi connectivity index (χ3v) is 3.16. The molecule has 0 aromatic carbocycles. The molecule has 15 heavy (non-hydrogen) atoms. The molecule has 0 aliphatic heterocycles. The number of hydrogen-bond acceptors (Lipinski definition) is 3. The molecule has 0 spiro atoms. The fraction of sp³-hybridized carbons (Fsp3) is 0.727. The quantitative estimate of drug-likeness (QED) is 0.728. The first-order chi connectivity index (χ1) is 7.25. The van der Waals surface area contributed by atoms with Gasteiger partial charge in [0.1, 0.15) is 0 Å². The number of aromatic nitrogens is 2. The molecule has 0 bridgehead atoms. The number of nitrogens with zero attached hydrogens (tertiary/aromatic N) is 2. The van der Waals surface area contributed by atoms with Crippen molar-refractivity contribution in [3.63, 3.8) is 0 Å². The van der Waals surface area contributed by atoms with Crippen molar-refractivity contribution in [2.75, 3.05) is 12.0 Å². The van der Waals surface area contributed by atoms with Crippen LogP contribution in [0.3, 0.4) is 0 Å². The second-order valence-electron chi connectivity index (χ2n) is 3.85. The van der Waals surface area contributed by atoms with E-state index in [9.17, 15) is 0 Å². The second kappa shape index (κ2) is 6.90. The largest absolute Gasteiger partial charge is 0.333 e. The van der Waals surface area contributed by atoms with Crippen molar-refractivity contribution in [1.29, 1.82) is 0 Å². The number of aryl methyl sites for hydroxylation is 1. The summed E-state index contributed by atoms with van der Waals surface area (Å²) in [6.45, 7) is 3.05. The van der Waals surface area contributed by atoms with Crippen LogP contribution in [0.2, 0.25) is 0 Å². The molecule has 0 aliphatic carbocycles. The van der Waals surface area contributed by atoms with Gasteiger partial charge in [0.15, 0.2) is 0 Å². The summed E-state index contributed by atoms with van der Waals surface area (Å²) >= 11 is 1.92. The molecule has 0 amide bonds. The molecule has 86 valence electrons. The zero-order chi connectivity index (χ0) is 11.1. The van der Waals surface area contributed by atoms with E-state index in [0.717, 1.165) is 12.2 Å². The molecule has 0 saturated heterocycles. The number of thioether (sulfide) groups is 1. The van der Waals surface area contributed by atoms with Gasteiger partial charge in [0.05, 0.1) is 12.0 Å². The Bertz CT molecular complexity index is 271. The third kappa shape index (κ3) is 4.26. The Labute approximate surface area is 96.5 Å². The van der Waals surface area contributed by atoms with Crippen LogP contribution in [0.4, 0.5) is 0 Å². The molecule has 0 aliphatic rings. The third-order valence-electron chi connectivity index (χ3n) is 2.46. The standard InChI is InChI=1S/C11H21N3S/c1-10(12)11-8-13-9-14(11)6-4-3-5-7-15-2/h8-10H,3-7,12H2,1-2H3. The molecule has 0 radical (unpaired) electrons. The van der Waals surface area contributed by atoms with Crippen LogP contribution in [0, 0.1) is 0 Å². The number of imidazole rings is 1. The first kappa shape index (κ1) is 12.6. The molecular weight excluding hydrogens is 206 g/mol. The summed E-state index contributed by atoms with van der Waals surface area (Å²) in [4.78, 5) is 4.14. The normalized spacial score (nSPS) is 13.0. The first-order valence-corrected chi connectivity index (χ1v) is 6.89. The van der Waals surface area contributed by atoms with Crippen LogP contribution in [0.15, 0.2) is 12.5 Å². The Morgan fingerprint density at radius 3 is 2.93 bits per heavy atom. The molecule has 0 saturated carbocycles. The molecule has 1 unspecified atom stereocenters. The van der Waals surface area contributed by atoms with Crippen LogP contribution >= 0.6 is 11.8 Å². The van der Waals surface area contributed by atoms with Crippen LogP contribution in [0.1, 0.15) is 37.9 Å². The van der Waals surface area contributed by atoms with Crippen molar-refractivity contribution < 1.29 is 0 Å². The summed E-state index contributed by atoms with van der Waals surface area (Å²) in [6, 6.07) is 0.0821. The van der Waals surface area contributed by atoms with Crippen molar-refractivity contribution in [1.82, 2.24) is 9.55 Å². The first-order valence-electron chi connectivity index (χ1n) is 5.50. The molecule has 1 heterocycles. The molecule has 3 nitrogen and oxygen atoms in total. The van der Waals surface area contributed by atoms with E-state index in [1.54, 1.807) is 0 Å². The van der Waals surface area contributed by atoms with E-state index in [4.69, 9.17) is 5.73 Å². The lowest BCUT2D eigenvalue weighted by Gasteiger charge is -2.10. The summed E-state index contributed by atoms with van der Waals surface area (Å²) in [6.07, 6.45) is 9.72. The van der Waals surface area contributed by atoms with Crippen molar-refractivity contribution in [3.8, 4) is 0 Å². The maximum Gasteiger partial charge on any atom is 0.0948 e. The Balaban J connectivity index is 2.28. The van der Waals surface area contributed by atoms with Gasteiger partial charge in [-0.1, -0.05) is 6.42 Å². The number of rotatable bonds is 7. The van der Waals surface area contributed by atoms with E-state index >= 15 is 0 Å².